The number of alkyl halides is 3. The molecule has 0 bridgehead atoms. The van der Waals surface area contributed by atoms with E-state index in [0.29, 0.717) is 35.8 Å². The number of rotatable bonds is 5. The Morgan fingerprint density at radius 3 is 2.74 bits per heavy atom. The monoisotopic (exact) mass is 594 g/mol. The van der Waals surface area contributed by atoms with Crippen LogP contribution in [-0.2, 0) is 15.8 Å². The molecule has 1 aromatic carbocycles. The first kappa shape index (κ1) is 28.4. The highest BCUT2D eigenvalue weighted by Gasteiger charge is 2.49. The molecule has 3 N–H and O–H groups in total. The van der Waals surface area contributed by atoms with Crippen LogP contribution in [0.15, 0.2) is 70.3 Å². The van der Waals surface area contributed by atoms with Crippen LogP contribution in [0.1, 0.15) is 54.1 Å². The van der Waals surface area contributed by atoms with Crippen molar-refractivity contribution >= 4 is 35.7 Å². The van der Waals surface area contributed by atoms with Crippen molar-refractivity contribution in [1.29, 1.82) is 0 Å². The lowest BCUT2D eigenvalue weighted by Gasteiger charge is -2.35. The fourth-order valence-electron chi connectivity index (χ4n) is 5.93. The van der Waals surface area contributed by atoms with Gasteiger partial charge in [0, 0.05) is 43.6 Å². The SMILES string of the molecule is CC(=O)Oc1cc(C(=O)Nc2cc(C(F)(F)F)ccn2)ccc1C1=NC([C@@H]2CC[C@H]3CCC(=O)N3C2)=C2C=NC=C[N+]12N. The van der Waals surface area contributed by atoms with Crippen LogP contribution in [0.4, 0.5) is 19.0 Å². The van der Waals surface area contributed by atoms with E-state index in [-0.39, 0.29) is 39.6 Å². The highest BCUT2D eigenvalue weighted by molar-refractivity contribution is 6.07. The summed E-state index contributed by atoms with van der Waals surface area (Å²) in [6.45, 7) is 1.70. The molecule has 14 heteroatoms. The Balaban J connectivity index is 1.34. The van der Waals surface area contributed by atoms with Gasteiger partial charge in [0.25, 0.3) is 11.7 Å². The Kier molecular flexibility index (Phi) is 6.97. The second kappa shape index (κ2) is 10.5. The van der Waals surface area contributed by atoms with E-state index < -0.39 is 23.6 Å². The molecular formula is C29H27F3N7O4+. The van der Waals surface area contributed by atoms with E-state index in [9.17, 15) is 27.6 Å². The van der Waals surface area contributed by atoms with E-state index in [1.807, 2.05) is 4.90 Å². The molecule has 4 aliphatic heterocycles. The van der Waals surface area contributed by atoms with Crippen LogP contribution in [0.25, 0.3) is 0 Å². The van der Waals surface area contributed by atoms with Crippen LogP contribution in [0.2, 0.25) is 0 Å². The van der Waals surface area contributed by atoms with Crippen LogP contribution >= 0.6 is 0 Å². The van der Waals surface area contributed by atoms with Crippen LogP contribution in [-0.4, -0.2) is 56.9 Å². The van der Waals surface area contributed by atoms with Crippen molar-refractivity contribution in [3.05, 3.63) is 77.0 Å². The number of allylic oxidation sites excluding steroid dienone is 1. The number of hydrogen-bond acceptors (Lipinski definition) is 8. The molecule has 43 heavy (non-hydrogen) atoms. The third kappa shape index (κ3) is 5.23. The van der Waals surface area contributed by atoms with Gasteiger partial charge in [0.1, 0.15) is 29.0 Å². The number of carbonyl (C=O) groups is 3. The molecule has 1 aromatic heterocycles. The first-order valence-electron chi connectivity index (χ1n) is 13.6. The minimum atomic E-state index is -4.61. The molecular weight excluding hydrogens is 567 g/mol. The number of aliphatic imine (C=N–C) groups is 2. The summed E-state index contributed by atoms with van der Waals surface area (Å²) in [5, 5.41) is 2.35. The molecule has 1 unspecified atom stereocenters. The number of ether oxygens (including phenoxy) is 1. The molecule has 2 amide bonds. The molecule has 0 aliphatic carbocycles. The van der Waals surface area contributed by atoms with E-state index in [2.05, 4.69) is 15.3 Å². The Hall–Kier alpha value is -4.69. The van der Waals surface area contributed by atoms with Gasteiger partial charge in [-0.05, 0) is 49.6 Å². The zero-order valence-corrected chi connectivity index (χ0v) is 23.0. The number of amides is 2. The molecule has 5 heterocycles. The lowest BCUT2D eigenvalue weighted by atomic mass is 9.90. The minimum Gasteiger partial charge on any atom is -0.426 e. The summed E-state index contributed by atoms with van der Waals surface area (Å²) in [6.07, 6.45) is 4.15. The molecule has 0 saturated carbocycles. The number of aromatic nitrogens is 1. The lowest BCUT2D eigenvalue weighted by Crippen LogP contribution is -2.53. The van der Waals surface area contributed by atoms with Crippen molar-refractivity contribution in [3.8, 4) is 5.75 Å². The number of quaternary nitrogens is 1. The average molecular weight is 595 g/mol. The molecule has 2 aromatic rings. The molecule has 222 valence electrons. The number of fused-ring (bicyclic) bond motifs is 2. The third-order valence-corrected chi connectivity index (χ3v) is 7.99. The van der Waals surface area contributed by atoms with E-state index in [0.717, 1.165) is 37.6 Å². The summed E-state index contributed by atoms with van der Waals surface area (Å²) in [5.74, 6) is 5.48. The molecule has 2 saturated heterocycles. The van der Waals surface area contributed by atoms with Gasteiger partial charge in [0.05, 0.1) is 18.0 Å². The van der Waals surface area contributed by atoms with E-state index in [4.69, 9.17) is 15.6 Å². The summed E-state index contributed by atoms with van der Waals surface area (Å²) in [4.78, 5) is 52.5. The number of nitrogens with one attached hydrogen (secondary N) is 1. The highest BCUT2D eigenvalue weighted by atomic mass is 19.4. The standard InChI is InChI=1S/C29H26F3N7O4/c1-16(40)43-23-12-17(28(42)36-24-13-19(8-9-35-24)29(30,31)32)3-6-21(23)27-37-26(22-14-34-10-11-39(22,27)33)18-2-4-20-5-7-25(41)38(20)15-18/h3,6,8-14,18,20H,2,4-5,7,15,33H2,1H3/p+1/t18-,20+,39?/m1/s1. The van der Waals surface area contributed by atoms with E-state index >= 15 is 0 Å². The summed E-state index contributed by atoms with van der Waals surface area (Å²) >= 11 is 0. The number of pyridine rings is 1. The summed E-state index contributed by atoms with van der Waals surface area (Å²) in [6, 6.07) is 5.98. The topological polar surface area (TPSA) is 139 Å². The number of anilines is 1. The normalized spacial score (nSPS) is 24.5. The van der Waals surface area contributed by atoms with Gasteiger partial charge in [-0.15, -0.1) is 4.59 Å². The van der Waals surface area contributed by atoms with Gasteiger partial charge in [0.2, 0.25) is 11.6 Å². The molecule has 11 nitrogen and oxygen atoms in total. The molecule has 4 aliphatic rings. The third-order valence-electron chi connectivity index (χ3n) is 7.99. The van der Waals surface area contributed by atoms with Gasteiger partial charge >= 0.3 is 12.1 Å². The Morgan fingerprint density at radius 2 is 1.98 bits per heavy atom. The first-order valence-corrected chi connectivity index (χ1v) is 13.6. The summed E-state index contributed by atoms with van der Waals surface area (Å²) in [5.41, 5.74) is 0.639. The minimum absolute atomic E-state index is 0.00333. The number of halogens is 3. The average Bonchev–Trinajstić information content (AvgIpc) is 3.49. The van der Waals surface area contributed by atoms with Gasteiger partial charge in [0.15, 0.2) is 0 Å². The van der Waals surface area contributed by atoms with Gasteiger partial charge in [-0.25, -0.2) is 4.98 Å². The van der Waals surface area contributed by atoms with Crippen molar-refractivity contribution in [2.75, 3.05) is 11.9 Å². The molecule has 2 fully saturated rings. The fraction of sp³-hybridized carbons (Fsp3) is 0.310. The first-order chi connectivity index (χ1) is 20.4. The number of nitrogens with two attached hydrogens (primary N) is 1. The van der Waals surface area contributed by atoms with Crippen LogP contribution in [0.3, 0.4) is 0 Å². The van der Waals surface area contributed by atoms with Crippen molar-refractivity contribution in [3.63, 3.8) is 0 Å². The van der Waals surface area contributed by atoms with Gasteiger partial charge < -0.3 is 15.0 Å². The second-order valence-electron chi connectivity index (χ2n) is 10.8. The largest absolute Gasteiger partial charge is 0.426 e. The maximum absolute atomic E-state index is 13.1. The molecule has 3 atom stereocenters. The maximum atomic E-state index is 13.1. The van der Waals surface area contributed by atoms with Gasteiger partial charge in [-0.1, -0.05) is 0 Å². The molecule has 0 radical (unpaired) electrons. The number of amidine groups is 1. The number of hydrogen-bond donors (Lipinski definition) is 2. The van der Waals surface area contributed by atoms with Crippen molar-refractivity contribution < 1.29 is 36.9 Å². The van der Waals surface area contributed by atoms with E-state index in [1.54, 1.807) is 12.4 Å². The van der Waals surface area contributed by atoms with Crippen LogP contribution < -0.4 is 15.9 Å². The summed E-state index contributed by atoms with van der Waals surface area (Å²) < 4.78 is 44.5. The van der Waals surface area contributed by atoms with Gasteiger partial charge in [-0.3, -0.25) is 19.4 Å². The number of piperidine rings is 1. The number of nitrogens with zero attached hydrogens (tertiary/aromatic N) is 5. The Labute approximate surface area is 243 Å². The second-order valence-corrected chi connectivity index (χ2v) is 10.8. The van der Waals surface area contributed by atoms with Crippen molar-refractivity contribution in [2.45, 2.75) is 44.8 Å². The number of carbonyl (C=O) groups excluding carboxylic acids is 3. The summed E-state index contributed by atoms with van der Waals surface area (Å²) in [7, 11) is 0. The molecule has 6 rings (SSSR count). The number of benzene rings is 1. The van der Waals surface area contributed by atoms with Crippen LogP contribution in [0.5, 0.6) is 5.75 Å². The molecule has 0 spiro atoms. The fourth-order valence-corrected chi connectivity index (χ4v) is 5.93. The zero-order valence-electron chi connectivity index (χ0n) is 23.0. The zero-order chi connectivity index (χ0) is 30.5. The quantitative estimate of drug-likeness (QED) is 0.233. The van der Waals surface area contributed by atoms with Crippen molar-refractivity contribution in [2.24, 2.45) is 21.7 Å². The number of esters is 1. The van der Waals surface area contributed by atoms with Gasteiger partial charge in [-0.2, -0.15) is 24.0 Å². The Morgan fingerprint density at radius 1 is 1.16 bits per heavy atom. The smallest absolute Gasteiger partial charge is 0.416 e. The highest BCUT2D eigenvalue weighted by Crippen LogP contribution is 2.41. The lowest BCUT2D eigenvalue weighted by molar-refractivity contribution is -0.750. The van der Waals surface area contributed by atoms with Crippen molar-refractivity contribution in [1.82, 2.24) is 9.88 Å². The van der Waals surface area contributed by atoms with Crippen LogP contribution in [0, 0.1) is 5.92 Å². The predicted molar refractivity (Wildman–Crippen MR) is 148 cm³/mol. The maximum Gasteiger partial charge on any atom is 0.416 e. The predicted octanol–water partition coefficient (Wildman–Crippen LogP) is 3.90. The van der Waals surface area contributed by atoms with E-state index in [1.165, 1.54) is 31.3 Å². The Bertz CT molecular complexity index is 1670.